The molecule has 0 saturated carbocycles. The Labute approximate surface area is 185 Å². The normalized spacial score (nSPS) is 12.4. The van der Waals surface area contributed by atoms with E-state index in [1.54, 1.807) is 30.5 Å². The second-order valence-corrected chi connectivity index (χ2v) is 7.65. The number of amides is 1. The number of nitrogens with one attached hydrogen (secondary N) is 1. The minimum atomic E-state index is -1.28. The molecule has 0 bridgehead atoms. The molecule has 4 rings (SSSR count). The zero-order chi connectivity index (χ0) is 21.8. The van der Waals surface area contributed by atoms with Crippen LogP contribution < -0.4 is 5.43 Å². The molecule has 3 aromatic carbocycles. The molecule has 0 aliphatic carbocycles. The molecule has 0 saturated heterocycles. The number of aliphatic hydroxyl groups excluding tert-OH is 1. The third kappa shape index (κ3) is 4.38. The molecule has 1 heterocycles. The number of halogens is 1. The van der Waals surface area contributed by atoms with Crippen LogP contribution in [0.15, 0.2) is 84.0 Å². The largest absolute Gasteiger partial charge is 0.378 e. The molecule has 0 spiro atoms. The van der Waals surface area contributed by atoms with Crippen LogP contribution in [0.3, 0.4) is 0 Å². The van der Waals surface area contributed by atoms with Crippen LogP contribution in [0.2, 0.25) is 5.02 Å². The van der Waals surface area contributed by atoms with Gasteiger partial charge in [0.2, 0.25) is 0 Å². The number of aliphatic hydroxyl groups is 1. The number of fused-ring (bicyclic) bond motifs is 1. The maximum atomic E-state index is 12.3. The number of hydrogen-bond acceptors (Lipinski definition) is 3. The number of aromatic nitrogens is 1. The lowest BCUT2D eigenvalue weighted by molar-refractivity contribution is -0.129. The monoisotopic (exact) mass is 431 g/mol. The van der Waals surface area contributed by atoms with Gasteiger partial charge >= 0.3 is 0 Å². The zero-order valence-electron chi connectivity index (χ0n) is 17.0. The second kappa shape index (κ2) is 9.16. The van der Waals surface area contributed by atoms with Gasteiger partial charge in [0, 0.05) is 33.7 Å². The van der Waals surface area contributed by atoms with Crippen molar-refractivity contribution in [3.05, 3.63) is 106 Å². The van der Waals surface area contributed by atoms with Crippen LogP contribution in [0, 0.1) is 6.92 Å². The van der Waals surface area contributed by atoms with Gasteiger partial charge in [0.05, 0.1) is 6.21 Å². The van der Waals surface area contributed by atoms with Crippen LogP contribution in [0.4, 0.5) is 0 Å². The Morgan fingerprint density at radius 2 is 1.74 bits per heavy atom. The second-order valence-electron chi connectivity index (χ2n) is 7.24. The fourth-order valence-electron chi connectivity index (χ4n) is 3.63. The number of nitrogens with zero attached hydrogens (tertiary/aromatic N) is 2. The average Bonchev–Trinajstić information content (AvgIpc) is 3.06. The number of hydrogen-bond donors (Lipinski definition) is 2. The maximum absolute atomic E-state index is 12.3. The fraction of sp³-hybridized carbons (Fsp3) is 0.120. The summed E-state index contributed by atoms with van der Waals surface area (Å²) in [6, 6.07) is 24.6. The lowest BCUT2D eigenvalue weighted by Crippen LogP contribution is -2.25. The summed E-state index contributed by atoms with van der Waals surface area (Å²) in [6.45, 7) is 2.64. The molecule has 0 fully saturated rings. The van der Waals surface area contributed by atoms with E-state index in [0.717, 1.165) is 32.7 Å². The average molecular weight is 432 g/mol. The predicted molar refractivity (Wildman–Crippen MR) is 124 cm³/mol. The first-order chi connectivity index (χ1) is 15.1. The van der Waals surface area contributed by atoms with Crippen LogP contribution in [0.25, 0.3) is 10.9 Å². The van der Waals surface area contributed by atoms with Crippen LogP contribution >= 0.6 is 11.6 Å². The molecule has 31 heavy (non-hydrogen) atoms. The Balaban J connectivity index is 1.60. The molecule has 0 aliphatic rings. The van der Waals surface area contributed by atoms with Crippen LogP contribution in [0.1, 0.15) is 28.5 Å². The Bertz CT molecular complexity index is 1250. The molecule has 1 aromatic heterocycles. The molecule has 1 amide bonds. The highest BCUT2D eigenvalue weighted by Gasteiger charge is 2.17. The molecule has 5 nitrogen and oxygen atoms in total. The summed E-state index contributed by atoms with van der Waals surface area (Å²) in [7, 11) is 0. The minimum Gasteiger partial charge on any atom is -0.378 e. The number of hydrazone groups is 1. The van der Waals surface area contributed by atoms with Gasteiger partial charge in [-0.25, -0.2) is 5.43 Å². The van der Waals surface area contributed by atoms with Crippen molar-refractivity contribution in [3.8, 4) is 0 Å². The lowest BCUT2D eigenvalue weighted by atomic mass is 10.1. The van der Waals surface area contributed by atoms with Crippen molar-refractivity contribution in [1.29, 1.82) is 0 Å². The standard InChI is InChI=1S/C25H22ClN3O2/c1-17-21(15-27-28-25(31)24(30)18-9-3-2-4-10-18)20-12-6-8-14-23(20)29(17)16-19-11-5-7-13-22(19)26/h2-15,24,30H,16H2,1H3,(H,28,31)/b27-15-/t24-/m0/s1. The summed E-state index contributed by atoms with van der Waals surface area (Å²) in [4.78, 5) is 12.3. The molecule has 6 heteroatoms. The van der Waals surface area contributed by atoms with E-state index in [-0.39, 0.29) is 0 Å². The van der Waals surface area contributed by atoms with E-state index < -0.39 is 12.0 Å². The summed E-state index contributed by atoms with van der Waals surface area (Å²) in [5.41, 5.74) is 6.94. The van der Waals surface area contributed by atoms with Gasteiger partial charge in [0.1, 0.15) is 0 Å². The summed E-state index contributed by atoms with van der Waals surface area (Å²) in [6.07, 6.45) is 0.345. The van der Waals surface area contributed by atoms with Crippen LogP contribution in [-0.4, -0.2) is 21.8 Å². The van der Waals surface area contributed by atoms with Gasteiger partial charge in [-0.15, -0.1) is 0 Å². The molecule has 156 valence electrons. The molecular formula is C25H22ClN3O2. The van der Waals surface area contributed by atoms with Gasteiger partial charge in [0.15, 0.2) is 6.10 Å². The van der Waals surface area contributed by atoms with E-state index in [9.17, 15) is 9.90 Å². The first kappa shape index (κ1) is 20.8. The van der Waals surface area contributed by atoms with E-state index in [2.05, 4.69) is 15.1 Å². The van der Waals surface area contributed by atoms with Crippen LogP contribution in [0.5, 0.6) is 0 Å². The number of para-hydroxylation sites is 1. The van der Waals surface area contributed by atoms with E-state index in [1.165, 1.54) is 0 Å². The van der Waals surface area contributed by atoms with Crippen molar-refractivity contribution < 1.29 is 9.90 Å². The third-order valence-electron chi connectivity index (χ3n) is 5.30. The number of benzene rings is 3. The number of carbonyl (C=O) groups is 1. The molecule has 2 N–H and O–H groups in total. The zero-order valence-corrected chi connectivity index (χ0v) is 17.8. The van der Waals surface area contributed by atoms with Crippen molar-refractivity contribution in [2.24, 2.45) is 5.10 Å². The SMILES string of the molecule is Cc1c(/C=N\NC(=O)[C@@H](O)c2ccccc2)c2ccccc2n1Cc1ccccc1Cl. The number of rotatable bonds is 6. The maximum Gasteiger partial charge on any atom is 0.273 e. The summed E-state index contributed by atoms with van der Waals surface area (Å²) >= 11 is 6.37. The van der Waals surface area contributed by atoms with Gasteiger partial charge in [0.25, 0.3) is 5.91 Å². The van der Waals surface area contributed by atoms with Gasteiger partial charge in [-0.3, -0.25) is 4.79 Å². The highest BCUT2D eigenvalue weighted by atomic mass is 35.5. The van der Waals surface area contributed by atoms with Gasteiger partial charge in [-0.2, -0.15) is 5.10 Å². The van der Waals surface area contributed by atoms with Gasteiger partial charge in [-0.1, -0.05) is 78.3 Å². The Kier molecular flexibility index (Phi) is 6.16. The smallest absolute Gasteiger partial charge is 0.273 e. The number of carbonyl (C=O) groups excluding carboxylic acids is 1. The van der Waals surface area contributed by atoms with E-state index in [1.807, 2.05) is 61.5 Å². The molecule has 0 aliphatic heterocycles. The third-order valence-corrected chi connectivity index (χ3v) is 5.67. The van der Waals surface area contributed by atoms with Crippen molar-refractivity contribution in [1.82, 2.24) is 9.99 Å². The topological polar surface area (TPSA) is 66.6 Å². The highest BCUT2D eigenvalue weighted by Crippen LogP contribution is 2.27. The molecule has 4 aromatic rings. The quantitative estimate of drug-likeness (QED) is 0.339. The van der Waals surface area contributed by atoms with E-state index in [0.29, 0.717) is 12.1 Å². The summed E-state index contributed by atoms with van der Waals surface area (Å²) < 4.78 is 2.18. The molecule has 1 atom stereocenters. The van der Waals surface area contributed by atoms with Crippen LogP contribution in [-0.2, 0) is 11.3 Å². The van der Waals surface area contributed by atoms with Crippen molar-refractivity contribution in [2.75, 3.05) is 0 Å². The lowest BCUT2D eigenvalue weighted by Gasteiger charge is -2.10. The highest BCUT2D eigenvalue weighted by molar-refractivity contribution is 6.31. The first-order valence-corrected chi connectivity index (χ1v) is 10.3. The van der Waals surface area contributed by atoms with Crippen molar-refractivity contribution in [3.63, 3.8) is 0 Å². The molecule has 0 unspecified atom stereocenters. The Morgan fingerprint density at radius 3 is 2.52 bits per heavy atom. The minimum absolute atomic E-state index is 0.516. The van der Waals surface area contributed by atoms with E-state index >= 15 is 0 Å². The first-order valence-electron chi connectivity index (χ1n) is 9.93. The Hall–Kier alpha value is -3.41. The molecular weight excluding hydrogens is 410 g/mol. The van der Waals surface area contributed by atoms with Gasteiger partial charge in [-0.05, 0) is 30.2 Å². The van der Waals surface area contributed by atoms with Crippen molar-refractivity contribution in [2.45, 2.75) is 19.6 Å². The van der Waals surface area contributed by atoms with E-state index in [4.69, 9.17) is 11.6 Å². The summed E-state index contributed by atoms with van der Waals surface area (Å²) in [5, 5.41) is 16.1. The summed E-state index contributed by atoms with van der Waals surface area (Å²) in [5.74, 6) is -0.583. The Morgan fingerprint density at radius 1 is 1.06 bits per heavy atom. The van der Waals surface area contributed by atoms with Crippen molar-refractivity contribution >= 4 is 34.6 Å². The molecule has 0 radical (unpaired) electrons. The fourth-order valence-corrected chi connectivity index (χ4v) is 3.83. The van der Waals surface area contributed by atoms with Gasteiger partial charge < -0.3 is 9.67 Å². The predicted octanol–water partition coefficient (Wildman–Crippen LogP) is 4.84.